The maximum atomic E-state index is 14.3. The topological polar surface area (TPSA) is 63.2 Å². The number of hydrogen-bond donors (Lipinski definition) is 0. The van der Waals surface area contributed by atoms with Gasteiger partial charge in [-0.15, -0.1) is 0 Å². The van der Waals surface area contributed by atoms with Crippen LogP contribution in [-0.4, -0.2) is 41.3 Å². The van der Waals surface area contributed by atoms with Crippen molar-refractivity contribution < 1.29 is 27.2 Å². The van der Waals surface area contributed by atoms with Crippen molar-refractivity contribution in [2.75, 3.05) is 18.0 Å². The maximum Gasteiger partial charge on any atom is 0.418 e. The van der Waals surface area contributed by atoms with Crippen molar-refractivity contribution in [1.82, 2.24) is 9.97 Å². The zero-order valence-corrected chi connectivity index (χ0v) is 29.6. The Morgan fingerprint density at radius 3 is 1.86 bits per heavy atom. The number of pyridine rings is 2. The molecule has 0 bridgehead atoms. The van der Waals surface area contributed by atoms with Crippen LogP contribution in [0.5, 0.6) is 0 Å². The lowest BCUT2D eigenvalue weighted by molar-refractivity contribution is -0.139. The van der Waals surface area contributed by atoms with Gasteiger partial charge in [-0.3, -0.25) is 9.78 Å². The van der Waals surface area contributed by atoms with Crippen LogP contribution in [0.1, 0.15) is 146 Å². The molecule has 1 saturated carbocycles. The van der Waals surface area contributed by atoms with Crippen molar-refractivity contribution in [3.8, 4) is 0 Å². The van der Waals surface area contributed by atoms with Gasteiger partial charge in [0.2, 0.25) is 0 Å². The SMILES string of the molecule is C=O.CC.CC.CC.CC.CC(=O)c1c(N2CCCC(C)(F)CC2)nc(C2CC2)c(C(F)(F)F)c1C.Cc1ccnc(C)c1. The van der Waals surface area contributed by atoms with E-state index in [1.807, 2.05) is 81.4 Å². The number of hydrogen-bond acceptors (Lipinski definition) is 5. The van der Waals surface area contributed by atoms with E-state index in [-0.39, 0.29) is 29.2 Å². The van der Waals surface area contributed by atoms with Gasteiger partial charge in [0, 0.05) is 30.9 Å². The molecule has 2 aliphatic rings. The molecule has 5 nitrogen and oxygen atoms in total. The summed E-state index contributed by atoms with van der Waals surface area (Å²) in [6.07, 6.45) is -0.129. The number of carbonyl (C=O) groups is 2. The second-order valence-electron chi connectivity index (χ2n) is 9.75. The van der Waals surface area contributed by atoms with E-state index in [1.165, 1.54) is 19.4 Å². The number of ketones is 1. The minimum absolute atomic E-state index is 0.0178. The summed E-state index contributed by atoms with van der Waals surface area (Å²) in [5.74, 6) is -0.351. The van der Waals surface area contributed by atoms with Crippen LogP contribution in [0.2, 0.25) is 0 Å². The number of aromatic nitrogens is 2. The molecule has 1 aliphatic heterocycles. The van der Waals surface area contributed by atoms with Gasteiger partial charge in [0.25, 0.3) is 0 Å². The van der Waals surface area contributed by atoms with Crippen LogP contribution in [0.3, 0.4) is 0 Å². The molecular weight excluding hydrogens is 570 g/mol. The van der Waals surface area contributed by atoms with E-state index < -0.39 is 23.2 Å². The molecule has 254 valence electrons. The predicted octanol–water partition coefficient (Wildman–Crippen LogP) is 10.8. The Hall–Kier alpha value is -2.84. The van der Waals surface area contributed by atoms with E-state index >= 15 is 0 Å². The maximum absolute atomic E-state index is 14.3. The van der Waals surface area contributed by atoms with Gasteiger partial charge in [0.05, 0.1) is 16.8 Å². The first kappa shape index (κ1) is 45.6. The summed E-state index contributed by atoms with van der Waals surface area (Å²) in [6.45, 7) is 27.1. The standard InChI is InChI=1S/C19H24F4N2O.C7H9N.4C2H6.CH2O/c1-11-14(12(2)26)17(25-9-4-7-18(3,20)8-10-25)24-16(13-5-6-13)15(11)19(21,22)23;1-6-3-4-8-7(2)5-6;5*1-2/h13H,4-10H2,1-3H3;3-5H,1-2H3;4*1-2H3;1H2. The number of alkyl halides is 4. The molecule has 4 rings (SSSR count). The minimum Gasteiger partial charge on any atom is -0.356 e. The largest absolute Gasteiger partial charge is 0.418 e. The summed E-state index contributed by atoms with van der Waals surface area (Å²) in [5, 5.41) is 0. The number of nitrogens with zero attached hydrogens (tertiary/aromatic N) is 3. The molecule has 9 heteroatoms. The zero-order valence-electron chi connectivity index (χ0n) is 29.6. The van der Waals surface area contributed by atoms with Crippen LogP contribution in [0.4, 0.5) is 23.4 Å². The lowest BCUT2D eigenvalue weighted by Gasteiger charge is -2.28. The number of Topliss-reactive ketones (excluding diaryl/α,β-unsaturated/α-hetero) is 1. The fourth-order valence-electron chi connectivity index (χ4n) is 4.51. The van der Waals surface area contributed by atoms with Gasteiger partial charge in [0.1, 0.15) is 18.3 Å². The fraction of sp³-hybridized carbons (Fsp3) is 0.657. The summed E-state index contributed by atoms with van der Waals surface area (Å²) >= 11 is 0. The van der Waals surface area contributed by atoms with Crippen LogP contribution < -0.4 is 4.90 Å². The first-order valence-corrected chi connectivity index (χ1v) is 16.0. The van der Waals surface area contributed by atoms with E-state index in [0.29, 0.717) is 44.6 Å². The van der Waals surface area contributed by atoms with Gasteiger partial charge in [-0.1, -0.05) is 55.4 Å². The molecule has 3 heterocycles. The molecule has 0 N–H and O–H groups in total. The van der Waals surface area contributed by atoms with Gasteiger partial charge in [-0.25, -0.2) is 9.37 Å². The third-order valence-electron chi connectivity index (χ3n) is 6.44. The van der Waals surface area contributed by atoms with E-state index in [0.717, 1.165) is 5.69 Å². The van der Waals surface area contributed by atoms with Gasteiger partial charge < -0.3 is 9.69 Å². The molecule has 2 fully saturated rings. The summed E-state index contributed by atoms with van der Waals surface area (Å²) in [4.78, 5) is 30.4. The molecule has 1 atom stereocenters. The first-order chi connectivity index (χ1) is 20.8. The molecule has 0 amide bonds. The highest BCUT2D eigenvalue weighted by Crippen LogP contribution is 2.48. The quantitative estimate of drug-likeness (QED) is 0.250. The number of carbonyl (C=O) groups excluding carboxylic acids is 2. The van der Waals surface area contributed by atoms with Gasteiger partial charge in [0.15, 0.2) is 5.78 Å². The fourth-order valence-corrected chi connectivity index (χ4v) is 4.51. The van der Waals surface area contributed by atoms with Crippen LogP contribution in [0, 0.1) is 20.8 Å². The van der Waals surface area contributed by atoms with Crippen molar-refractivity contribution in [2.24, 2.45) is 0 Å². The van der Waals surface area contributed by atoms with Gasteiger partial charge in [-0.05, 0) is 90.0 Å². The Morgan fingerprint density at radius 1 is 0.955 bits per heavy atom. The zero-order chi connectivity index (χ0) is 35.3. The third-order valence-corrected chi connectivity index (χ3v) is 6.44. The minimum atomic E-state index is -4.55. The Labute approximate surface area is 265 Å². The van der Waals surface area contributed by atoms with Crippen LogP contribution >= 0.6 is 0 Å². The molecule has 1 unspecified atom stereocenters. The Bertz CT molecular complexity index is 1050. The van der Waals surface area contributed by atoms with E-state index in [1.54, 1.807) is 11.8 Å². The average Bonchev–Trinajstić information content (AvgIpc) is 3.86. The van der Waals surface area contributed by atoms with E-state index in [2.05, 4.69) is 23.0 Å². The molecule has 1 aliphatic carbocycles. The smallest absolute Gasteiger partial charge is 0.356 e. The Kier molecular flexibility index (Phi) is 24.4. The van der Waals surface area contributed by atoms with Crippen molar-refractivity contribution in [1.29, 1.82) is 0 Å². The second-order valence-corrected chi connectivity index (χ2v) is 9.75. The number of aryl methyl sites for hydroxylation is 2. The number of rotatable bonds is 3. The molecule has 0 aromatic carbocycles. The normalized spacial score (nSPS) is 16.8. The van der Waals surface area contributed by atoms with E-state index in [9.17, 15) is 22.4 Å². The van der Waals surface area contributed by atoms with Crippen LogP contribution in [0.25, 0.3) is 0 Å². The predicted molar refractivity (Wildman–Crippen MR) is 178 cm³/mol. The van der Waals surface area contributed by atoms with Crippen LogP contribution in [-0.2, 0) is 11.0 Å². The molecule has 0 radical (unpaired) electrons. The van der Waals surface area contributed by atoms with Crippen molar-refractivity contribution in [2.45, 2.75) is 140 Å². The first-order valence-electron chi connectivity index (χ1n) is 16.0. The van der Waals surface area contributed by atoms with Crippen molar-refractivity contribution in [3.63, 3.8) is 0 Å². The lowest BCUT2D eigenvalue weighted by Crippen LogP contribution is -2.30. The highest BCUT2D eigenvalue weighted by Gasteiger charge is 2.43. The molecule has 44 heavy (non-hydrogen) atoms. The van der Waals surface area contributed by atoms with Gasteiger partial charge >= 0.3 is 6.18 Å². The summed E-state index contributed by atoms with van der Waals surface area (Å²) in [7, 11) is 0. The highest BCUT2D eigenvalue weighted by atomic mass is 19.4. The monoisotopic (exact) mass is 629 g/mol. The Morgan fingerprint density at radius 2 is 1.48 bits per heavy atom. The third kappa shape index (κ3) is 15.2. The second kappa shape index (κ2) is 23.5. The molecule has 2 aromatic rings. The van der Waals surface area contributed by atoms with E-state index in [4.69, 9.17) is 4.79 Å². The lowest BCUT2D eigenvalue weighted by atomic mass is 9.96. The van der Waals surface area contributed by atoms with Crippen molar-refractivity contribution in [3.05, 3.63) is 52.0 Å². The average molecular weight is 630 g/mol. The number of halogens is 4. The summed E-state index contributed by atoms with van der Waals surface area (Å²) in [5.41, 5.74) is 0.308. The molecule has 2 aromatic heterocycles. The van der Waals surface area contributed by atoms with Gasteiger partial charge in [-0.2, -0.15) is 13.2 Å². The summed E-state index contributed by atoms with van der Waals surface area (Å²) < 4.78 is 55.3. The van der Waals surface area contributed by atoms with Crippen molar-refractivity contribution >= 4 is 18.4 Å². The molecule has 0 spiro atoms. The molecule has 1 saturated heterocycles. The Balaban J connectivity index is -0.000000778. The molecular formula is C35H59F4N3O2. The summed E-state index contributed by atoms with van der Waals surface area (Å²) in [6, 6.07) is 4.05. The van der Waals surface area contributed by atoms with Crippen LogP contribution in [0.15, 0.2) is 18.3 Å². The highest BCUT2D eigenvalue weighted by molar-refractivity contribution is 6.00. The number of anilines is 1.